The second-order valence-electron chi connectivity index (χ2n) is 6.02. The molecule has 0 saturated heterocycles. The van der Waals surface area contributed by atoms with Crippen LogP contribution in [0.15, 0.2) is 66.9 Å². The third kappa shape index (κ3) is 3.75. The van der Waals surface area contributed by atoms with Crippen LogP contribution in [0.2, 0.25) is 5.02 Å². The maximum absolute atomic E-state index is 11.1. The van der Waals surface area contributed by atoms with Crippen molar-refractivity contribution in [2.75, 3.05) is 10.6 Å². The van der Waals surface area contributed by atoms with Gasteiger partial charge >= 0.3 is 0 Å². The van der Waals surface area contributed by atoms with Crippen molar-refractivity contribution in [3.8, 4) is 11.1 Å². The summed E-state index contributed by atoms with van der Waals surface area (Å²) in [5.74, 6) is 0.385. The van der Waals surface area contributed by atoms with Crippen molar-refractivity contribution in [1.29, 1.82) is 0 Å². The van der Waals surface area contributed by atoms with E-state index in [4.69, 9.17) is 11.6 Å². The topological polar surface area (TPSA) is 71.3 Å². The third-order valence-electron chi connectivity index (χ3n) is 3.98. The predicted molar refractivity (Wildman–Crippen MR) is 107 cm³/mol. The van der Waals surface area contributed by atoms with Crippen LogP contribution in [0.25, 0.3) is 16.8 Å². The van der Waals surface area contributed by atoms with E-state index >= 15 is 0 Å². The van der Waals surface area contributed by atoms with Crippen LogP contribution in [0.3, 0.4) is 0 Å². The summed E-state index contributed by atoms with van der Waals surface area (Å²) in [6.07, 6.45) is 1.85. The molecule has 27 heavy (non-hydrogen) atoms. The molecule has 6 nitrogen and oxygen atoms in total. The molecule has 0 atom stereocenters. The zero-order valence-corrected chi connectivity index (χ0v) is 15.2. The van der Waals surface area contributed by atoms with Gasteiger partial charge in [-0.1, -0.05) is 23.7 Å². The van der Waals surface area contributed by atoms with Crippen LogP contribution < -0.4 is 10.6 Å². The van der Waals surface area contributed by atoms with Crippen LogP contribution in [-0.2, 0) is 4.79 Å². The van der Waals surface area contributed by atoms with Gasteiger partial charge in [0.2, 0.25) is 11.9 Å². The Morgan fingerprint density at radius 1 is 1.00 bits per heavy atom. The number of nitrogens with one attached hydrogen (secondary N) is 2. The lowest BCUT2D eigenvalue weighted by Gasteiger charge is -2.04. The highest BCUT2D eigenvalue weighted by Gasteiger charge is 2.10. The molecule has 2 aromatic heterocycles. The number of hydrogen-bond donors (Lipinski definition) is 2. The number of aromatic nitrogens is 3. The molecule has 2 heterocycles. The number of carbonyl (C=O) groups is 1. The van der Waals surface area contributed by atoms with E-state index in [-0.39, 0.29) is 5.91 Å². The van der Waals surface area contributed by atoms with Gasteiger partial charge in [0.15, 0.2) is 5.65 Å². The Hall–Kier alpha value is -3.38. The first-order valence-electron chi connectivity index (χ1n) is 8.34. The molecular weight excluding hydrogens is 362 g/mol. The lowest BCUT2D eigenvalue weighted by atomic mass is 10.1. The number of pyridine rings is 1. The Labute approximate surface area is 160 Å². The fourth-order valence-electron chi connectivity index (χ4n) is 2.78. The molecule has 0 aliphatic rings. The van der Waals surface area contributed by atoms with Crippen molar-refractivity contribution in [3.63, 3.8) is 0 Å². The zero-order valence-electron chi connectivity index (χ0n) is 14.5. The van der Waals surface area contributed by atoms with Crippen molar-refractivity contribution in [2.24, 2.45) is 0 Å². The second-order valence-corrected chi connectivity index (χ2v) is 6.45. The van der Waals surface area contributed by atoms with Crippen LogP contribution in [0.1, 0.15) is 6.92 Å². The molecule has 0 aliphatic carbocycles. The largest absolute Gasteiger partial charge is 0.326 e. The van der Waals surface area contributed by atoms with E-state index in [1.165, 1.54) is 6.92 Å². The molecule has 0 unspecified atom stereocenters. The molecule has 0 saturated carbocycles. The monoisotopic (exact) mass is 377 g/mol. The molecule has 2 N–H and O–H groups in total. The van der Waals surface area contributed by atoms with Crippen LogP contribution >= 0.6 is 11.6 Å². The summed E-state index contributed by atoms with van der Waals surface area (Å²) in [5, 5.41) is 11.1. The number of nitrogens with zero attached hydrogens (tertiary/aromatic N) is 3. The van der Waals surface area contributed by atoms with Gasteiger partial charge < -0.3 is 10.6 Å². The molecule has 134 valence electrons. The minimum absolute atomic E-state index is 0.104. The lowest BCUT2D eigenvalue weighted by Crippen LogP contribution is -2.05. The average molecular weight is 378 g/mol. The van der Waals surface area contributed by atoms with E-state index in [0.29, 0.717) is 11.0 Å². The van der Waals surface area contributed by atoms with Gasteiger partial charge in [-0.25, -0.2) is 4.52 Å². The Morgan fingerprint density at radius 2 is 1.70 bits per heavy atom. The number of anilines is 3. The van der Waals surface area contributed by atoms with Crippen LogP contribution in [0.5, 0.6) is 0 Å². The van der Waals surface area contributed by atoms with E-state index in [2.05, 4.69) is 20.7 Å². The second kappa shape index (κ2) is 7.09. The highest BCUT2D eigenvalue weighted by molar-refractivity contribution is 6.30. The van der Waals surface area contributed by atoms with Gasteiger partial charge in [0.1, 0.15) is 0 Å². The SMILES string of the molecule is CC(=O)Nc1ccc(Nc2nc3c(-c4ccc(Cl)cc4)cccn3n2)cc1. The molecule has 0 aliphatic heterocycles. The number of halogens is 1. The molecule has 1 amide bonds. The predicted octanol–water partition coefficient (Wildman–Crippen LogP) is 4.75. The maximum atomic E-state index is 11.1. The molecule has 0 spiro atoms. The van der Waals surface area contributed by atoms with Crippen LogP contribution in [0, 0.1) is 0 Å². The highest BCUT2D eigenvalue weighted by Crippen LogP contribution is 2.26. The summed E-state index contributed by atoms with van der Waals surface area (Å²) in [6.45, 7) is 1.48. The first kappa shape index (κ1) is 17.1. The number of benzene rings is 2. The summed E-state index contributed by atoms with van der Waals surface area (Å²) in [5.41, 5.74) is 4.30. The number of amides is 1. The molecule has 7 heteroatoms. The molecule has 2 aromatic carbocycles. The number of hydrogen-bond acceptors (Lipinski definition) is 4. The van der Waals surface area contributed by atoms with Crippen molar-refractivity contribution in [2.45, 2.75) is 6.92 Å². The van der Waals surface area contributed by atoms with Crippen molar-refractivity contribution < 1.29 is 4.79 Å². The molecule has 0 bridgehead atoms. The summed E-state index contributed by atoms with van der Waals surface area (Å²) in [4.78, 5) is 15.7. The Kier molecular flexibility index (Phi) is 4.48. The molecule has 4 rings (SSSR count). The summed E-state index contributed by atoms with van der Waals surface area (Å²) in [6, 6.07) is 18.9. The summed E-state index contributed by atoms with van der Waals surface area (Å²) >= 11 is 5.98. The van der Waals surface area contributed by atoms with E-state index in [1.807, 2.05) is 66.9 Å². The van der Waals surface area contributed by atoms with Gasteiger partial charge in [-0.2, -0.15) is 4.98 Å². The molecular formula is C20H16ClN5O. The normalized spacial score (nSPS) is 10.7. The zero-order chi connectivity index (χ0) is 18.8. The van der Waals surface area contributed by atoms with Gasteiger partial charge in [-0.15, -0.1) is 5.10 Å². The standard InChI is InChI=1S/C20H16ClN5O/c1-13(27)22-16-8-10-17(11-9-16)23-20-24-19-18(3-2-12-26(19)25-20)14-4-6-15(21)7-5-14/h2-12H,1H3,(H,22,27)(H,23,25). The van der Waals surface area contributed by atoms with Gasteiger partial charge in [0.05, 0.1) is 0 Å². The van der Waals surface area contributed by atoms with Crippen LogP contribution in [0.4, 0.5) is 17.3 Å². The number of rotatable bonds is 4. The van der Waals surface area contributed by atoms with Crippen molar-refractivity contribution in [3.05, 3.63) is 71.9 Å². The van der Waals surface area contributed by atoms with Crippen molar-refractivity contribution in [1.82, 2.24) is 14.6 Å². The minimum Gasteiger partial charge on any atom is -0.326 e. The fraction of sp³-hybridized carbons (Fsp3) is 0.0500. The van der Waals surface area contributed by atoms with E-state index in [1.54, 1.807) is 4.52 Å². The summed E-state index contributed by atoms with van der Waals surface area (Å²) < 4.78 is 1.73. The van der Waals surface area contributed by atoms with Crippen molar-refractivity contribution >= 4 is 40.5 Å². The Morgan fingerprint density at radius 3 is 2.41 bits per heavy atom. The molecule has 0 radical (unpaired) electrons. The van der Waals surface area contributed by atoms with Gasteiger partial charge in [-0.05, 0) is 54.1 Å². The molecule has 4 aromatic rings. The van der Waals surface area contributed by atoms with Crippen LogP contribution in [-0.4, -0.2) is 20.5 Å². The van der Waals surface area contributed by atoms with Gasteiger partial charge in [0.25, 0.3) is 0 Å². The first-order chi connectivity index (χ1) is 13.1. The lowest BCUT2D eigenvalue weighted by molar-refractivity contribution is -0.114. The quantitative estimate of drug-likeness (QED) is 0.538. The van der Waals surface area contributed by atoms with Gasteiger partial charge in [-0.3, -0.25) is 4.79 Å². The smallest absolute Gasteiger partial charge is 0.247 e. The third-order valence-corrected chi connectivity index (χ3v) is 4.23. The van der Waals surface area contributed by atoms with E-state index < -0.39 is 0 Å². The average Bonchev–Trinajstić information content (AvgIpc) is 3.06. The summed E-state index contributed by atoms with van der Waals surface area (Å²) in [7, 11) is 0. The minimum atomic E-state index is -0.104. The van der Waals surface area contributed by atoms with E-state index in [0.717, 1.165) is 28.1 Å². The number of carbonyl (C=O) groups excluding carboxylic acids is 1. The molecule has 0 fully saturated rings. The fourth-order valence-corrected chi connectivity index (χ4v) is 2.91. The van der Waals surface area contributed by atoms with Gasteiger partial charge in [0, 0.05) is 35.1 Å². The first-order valence-corrected chi connectivity index (χ1v) is 8.72. The van der Waals surface area contributed by atoms with E-state index in [9.17, 15) is 4.79 Å². The number of fused-ring (bicyclic) bond motifs is 1. The highest BCUT2D eigenvalue weighted by atomic mass is 35.5. The maximum Gasteiger partial charge on any atom is 0.247 e. The Balaban J connectivity index is 1.63. The Bertz CT molecular complexity index is 1100.